The number of carbonyl (C=O) groups excluding carboxylic acids is 2. The van der Waals surface area contributed by atoms with Crippen LogP contribution in [-0.4, -0.2) is 47.6 Å². The first-order valence-corrected chi connectivity index (χ1v) is 9.40. The van der Waals surface area contributed by atoms with Crippen molar-refractivity contribution >= 4 is 29.3 Å². The first-order chi connectivity index (χ1) is 12.1. The van der Waals surface area contributed by atoms with Crippen molar-refractivity contribution in [3.63, 3.8) is 0 Å². The van der Waals surface area contributed by atoms with Gasteiger partial charge in [-0.05, 0) is 40.0 Å². The lowest BCUT2D eigenvalue weighted by molar-refractivity contribution is -0.124. The van der Waals surface area contributed by atoms with Crippen molar-refractivity contribution in [3.8, 4) is 6.07 Å². The fraction of sp³-hybridized carbons (Fsp3) is 0.526. The quantitative estimate of drug-likeness (QED) is 0.682. The zero-order valence-corrected chi connectivity index (χ0v) is 16.9. The van der Waals surface area contributed by atoms with Gasteiger partial charge in [0.15, 0.2) is 0 Å². The first-order valence-electron chi connectivity index (χ1n) is 8.52. The summed E-state index contributed by atoms with van der Waals surface area (Å²) in [5, 5.41) is 14.7. The summed E-state index contributed by atoms with van der Waals surface area (Å²) in [7, 11) is 1.73. The minimum Gasteiger partial charge on any atom is -0.350 e. The van der Waals surface area contributed by atoms with Gasteiger partial charge in [0.1, 0.15) is 0 Å². The lowest BCUT2D eigenvalue weighted by Gasteiger charge is -2.23. The second-order valence-corrected chi connectivity index (χ2v) is 8.79. The Morgan fingerprint density at radius 2 is 1.85 bits per heavy atom. The Morgan fingerprint density at radius 1 is 1.23 bits per heavy atom. The second kappa shape index (κ2) is 10.2. The Morgan fingerprint density at radius 3 is 2.46 bits per heavy atom. The summed E-state index contributed by atoms with van der Waals surface area (Å²) in [6.45, 7) is 8.00. The number of nitrogens with zero attached hydrogens (tertiary/aromatic N) is 2. The van der Waals surface area contributed by atoms with Gasteiger partial charge in [0.2, 0.25) is 11.8 Å². The molecule has 0 fully saturated rings. The molecule has 0 aliphatic carbocycles. The van der Waals surface area contributed by atoms with Gasteiger partial charge in [-0.25, -0.2) is 0 Å². The minimum atomic E-state index is -0.295. The molecule has 0 spiro atoms. The van der Waals surface area contributed by atoms with E-state index >= 15 is 0 Å². The molecule has 0 saturated heterocycles. The molecule has 0 saturated carbocycles. The monoisotopic (exact) mass is 376 g/mol. The van der Waals surface area contributed by atoms with Crippen LogP contribution in [0.25, 0.3) is 0 Å². The van der Waals surface area contributed by atoms with Gasteiger partial charge in [-0.15, -0.1) is 11.8 Å². The highest BCUT2D eigenvalue weighted by Gasteiger charge is 2.17. The predicted molar refractivity (Wildman–Crippen MR) is 106 cm³/mol. The molecule has 0 unspecified atom stereocenters. The van der Waals surface area contributed by atoms with E-state index in [1.807, 2.05) is 52.0 Å². The van der Waals surface area contributed by atoms with Crippen molar-refractivity contribution in [3.05, 3.63) is 24.3 Å². The zero-order valence-electron chi connectivity index (χ0n) is 16.1. The van der Waals surface area contributed by atoms with Crippen LogP contribution in [0.1, 0.15) is 34.1 Å². The van der Waals surface area contributed by atoms with Gasteiger partial charge in [0, 0.05) is 22.1 Å². The first kappa shape index (κ1) is 22.0. The lowest BCUT2D eigenvalue weighted by Crippen LogP contribution is -2.46. The SMILES string of the molecule is C[C@H](CC#N)Sc1ccccc1NC(=O)CN(C)CC(=O)NC(C)(C)C. The van der Waals surface area contributed by atoms with Crippen molar-refractivity contribution in [1.29, 1.82) is 5.26 Å². The van der Waals surface area contributed by atoms with Crippen molar-refractivity contribution < 1.29 is 9.59 Å². The average molecular weight is 377 g/mol. The number of benzene rings is 1. The van der Waals surface area contributed by atoms with Crippen LogP contribution in [0, 0.1) is 11.3 Å². The van der Waals surface area contributed by atoms with E-state index < -0.39 is 0 Å². The van der Waals surface area contributed by atoms with Crippen molar-refractivity contribution in [1.82, 2.24) is 10.2 Å². The normalized spacial score (nSPS) is 12.3. The molecule has 26 heavy (non-hydrogen) atoms. The van der Waals surface area contributed by atoms with E-state index in [9.17, 15) is 9.59 Å². The maximum Gasteiger partial charge on any atom is 0.238 e. The highest BCUT2D eigenvalue weighted by Crippen LogP contribution is 2.31. The van der Waals surface area contributed by atoms with Gasteiger partial charge in [-0.2, -0.15) is 5.26 Å². The molecule has 0 aromatic heterocycles. The van der Waals surface area contributed by atoms with E-state index in [4.69, 9.17) is 5.26 Å². The molecule has 0 bridgehead atoms. The highest BCUT2D eigenvalue weighted by molar-refractivity contribution is 8.00. The number of nitrogens with one attached hydrogen (secondary N) is 2. The van der Waals surface area contributed by atoms with Gasteiger partial charge >= 0.3 is 0 Å². The molecule has 0 radical (unpaired) electrons. The van der Waals surface area contributed by atoms with Gasteiger partial charge in [0.25, 0.3) is 0 Å². The van der Waals surface area contributed by atoms with E-state index in [1.165, 1.54) is 0 Å². The van der Waals surface area contributed by atoms with Crippen molar-refractivity contribution in [2.75, 3.05) is 25.5 Å². The summed E-state index contributed by atoms with van der Waals surface area (Å²) in [4.78, 5) is 26.8. The van der Waals surface area contributed by atoms with Gasteiger partial charge in [-0.3, -0.25) is 14.5 Å². The summed E-state index contributed by atoms with van der Waals surface area (Å²) >= 11 is 1.56. The van der Waals surface area contributed by atoms with Gasteiger partial charge in [0.05, 0.1) is 24.8 Å². The van der Waals surface area contributed by atoms with E-state index in [0.29, 0.717) is 6.42 Å². The third-order valence-electron chi connectivity index (χ3n) is 3.21. The number of likely N-dealkylation sites (N-methyl/N-ethyl adjacent to an activating group) is 1. The molecule has 7 heteroatoms. The number of hydrogen-bond donors (Lipinski definition) is 2. The Bertz CT molecular complexity index is 664. The molecule has 0 heterocycles. The molecule has 1 atom stereocenters. The fourth-order valence-corrected chi connectivity index (χ4v) is 3.25. The highest BCUT2D eigenvalue weighted by atomic mass is 32.2. The molecule has 0 aliphatic rings. The van der Waals surface area contributed by atoms with Crippen LogP contribution in [0.5, 0.6) is 0 Å². The predicted octanol–water partition coefficient (Wildman–Crippen LogP) is 2.87. The van der Waals surface area contributed by atoms with Gasteiger partial charge in [-0.1, -0.05) is 19.1 Å². The maximum atomic E-state index is 12.3. The van der Waals surface area contributed by atoms with Crippen LogP contribution in [0.3, 0.4) is 0 Å². The number of nitriles is 1. The zero-order chi connectivity index (χ0) is 19.7. The van der Waals surface area contributed by atoms with Crippen molar-refractivity contribution in [2.24, 2.45) is 0 Å². The molecule has 142 valence electrons. The summed E-state index contributed by atoms with van der Waals surface area (Å²) in [6, 6.07) is 9.68. The Labute approximate surface area is 160 Å². The number of para-hydroxylation sites is 1. The lowest BCUT2D eigenvalue weighted by atomic mass is 10.1. The standard InChI is InChI=1S/C19H28N4O2S/c1-14(10-11-20)26-16-9-7-6-8-15(16)21-17(24)12-23(5)13-18(25)22-19(2,3)4/h6-9,14H,10,12-13H2,1-5H3,(H,21,24)(H,22,25)/t14-/m1/s1. The number of amides is 2. The molecule has 1 rings (SSSR count). The topological polar surface area (TPSA) is 85.2 Å². The molecule has 2 amide bonds. The molecule has 2 N–H and O–H groups in total. The number of thioether (sulfide) groups is 1. The summed E-state index contributed by atoms with van der Waals surface area (Å²) in [5.41, 5.74) is 0.427. The van der Waals surface area contributed by atoms with Crippen molar-refractivity contribution in [2.45, 2.75) is 49.8 Å². The van der Waals surface area contributed by atoms with E-state index in [0.717, 1.165) is 10.6 Å². The third-order valence-corrected chi connectivity index (χ3v) is 4.39. The number of carbonyl (C=O) groups is 2. The smallest absolute Gasteiger partial charge is 0.238 e. The number of hydrogen-bond acceptors (Lipinski definition) is 5. The van der Waals surface area contributed by atoms with E-state index in [2.05, 4.69) is 16.7 Å². The Hall–Kier alpha value is -2.04. The largest absolute Gasteiger partial charge is 0.350 e. The van der Waals surface area contributed by atoms with Crippen LogP contribution in [0.15, 0.2) is 29.2 Å². The third kappa shape index (κ3) is 8.88. The number of rotatable bonds is 8. The number of anilines is 1. The summed E-state index contributed by atoms with van der Waals surface area (Å²) < 4.78 is 0. The maximum absolute atomic E-state index is 12.3. The fourth-order valence-electron chi connectivity index (χ4n) is 2.25. The average Bonchev–Trinajstić information content (AvgIpc) is 2.47. The Balaban J connectivity index is 2.60. The molecule has 6 nitrogen and oxygen atoms in total. The van der Waals surface area contributed by atoms with Crippen LogP contribution in [0.2, 0.25) is 0 Å². The van der Waals surface area contributed by atoms with Crippen LogP contribution >= 0.6 is 11.8 Å². The van der Waals surface area contributed by atoms with E-state index in [1.54, 1.807) is 23.7 Å². The molecule has 1 aromatic carbocycles. The molecular formula is C19H28N4O2S. The summed E-state index contributed by atoms with van der Waals surface area (Å²) in [6.07, 6.45) is 0.443. The van der Waals surface area contributed by atoms with Crippen LogP contribution in [0.4, 0.5) is 5.69 Å². The summed E-state index contributed by atoms with van der Waals surface area (Å²) in [5.74, 6) is -0.300. The Kier molecular flexibility index (Phi) is 8.62. The minimum absolute atomic E-state index is 0.115. The van der Waals surface area contributed by atoms with Crippen LogP contribution < -0.4 is 10.6 Å². The molecule has 0 aliphatic heterocycles. The van der Waals surface area contributed by atoms with E-state index in [-0.39, 0.29) is 35.7 Å². The molecule has 1 aromatic rings. The second-order valence-electron chi connectivity index (χ2n) is 7.31. The van der Waals surface area contributed by atoms with Crippen LogP contribution in [-0.2, 0) is 9.59 Å². The van der Waals surface area contributed by atoms with Gasteiger partial charge < -0.3 is 10.6 Å². The molecular weight excluding hydrogens is 348 g/mol.